The molecule has 0 heterocycles. The van der Waals surface area contributed by atoms with E-state index in [1.54, 1.807) is 0 Å². The molecular formula is C13H20ClNO2. The number of nitrogens with one attached hydrogen (secondary N) is 1. The van der Waals surface area contributed by atoms with Gasteiger partial charge in [-0.3, -0.25) is 0 Å². The van der Waals surface area contributed by atoms with E-state index in [0.29, 0.717) is 19.8 Å². The van der Waals surface area contributed by atoms with E-state index < -0.39 is 0 Å². The van der Waals surface area contributed by atoms with Crippen LogP contribution in [0.25, 0.3) is 0 Å². The van der Waals surface area contributed by atoms with Crippen LogP contribution < -0.4 is 5.32 Å². The van der Waals surface area contributed by atoms with Gasteiger partial charge in [0, 0.05) is 23.9 Å². The minimum Gasteiger partial charge on any atom is -0.383 e. The summed E-state index contributed by atoms with van der Waals surface area (Å²) in [5.74, 6) is 0. The highest BCUT2D eigenvalue weighted by molar-refractivity contribution is 6.30. The van der Waals surface area contributed by atoms with E-state index in [2.05, 4.69) is 12.2 Å². The van der Waals surface area contributed by atoms with Gasteiger partial charge in [0.05, 0.1) is 19.8 Å². The van der Waals surface area contributed by atoms with E-state index in [-0.39, 0.29) is 0 Å². The Morgan fingerprint density at radius 2 is 1.88 bits per heavy atom. The summed E-state index contributed by atoms with van der Waals surface area (Å²) in [4.78, 5) is 0. The molecule has 0 aromatic heterocycles. The fourth-order valence-corrected chi connectivity index (χ4v) is 1.52. The summed E-state index contributed by atoms with van der Waals surface area (Å²) < 4.78 is 10.7. The molecule has 0 aliphatic rings. The Bertz CT molecular complexity index is 307. The fraction of sp³-hybridized carbons (Fsp3) is 0.538. The number of rotatable bonds is 9. The summed E-state index contributed by atoms with van der Waals surface area (Å²) in [7, 11) is 0. The van der Waals surface area contributed by atoms with Gasteiger partial charge in [-0.05, 0) is 24.6 Å². The second kappa shape index (κ2) is 9.28. The van der Waals surface area contributed by atoms with Crippen molar-refractivity contribution >= 4 is 17.3 Å². The molecule has 1 aromatic rings. The zero-order valence-corrected chi connectivity index (χ0v) is 11.0. The molecule has 0 bridgehead atoms. The van der Waals surface area contributed by atoms with Crippen molar-refractivity contribution in [3.63, 3.8) is 0 Å². The highest BCUT2D eigenvalue weighted by Crippen LogP contribution is 2.14. The van der Waals surface area contributed by atoms with E-state index in [1.165, 1.54) is 0 Å². The number of hydrogen-bond donors (Lipinski definition) is 1. The molecule has 0 saturated heterocycles. The molecule has 0 atom stereocenters. The van der Waals surface area contributed by atoms with Crippen molar-refractivity contribution in [1.82, 2.24) is 0 Å². The van der Waals surface area contributed by atoms with Gasteiger partial charge >= 0.3 is 0 Å². The Morgan fingerprint density at radius 3 is 2.59 bits per heavy atom. The van der Waals surface area contributed by atoms with Gasteiger partial charge in [0.25, 0.3) is 0 Å². The zero-order valence-electron chi connectivity index (χ0n) is 10.2. The highest BCUT2D eigenvalue weighted by atomic mass is 35.5. The van der Waals surface area contributed by atoms with Crippen molar-refractivity contribution in [2.24, 2.45) is 0 Å². The van der Waals surface area contributed by atoms with E-state index in [1.807, 2.05) is 24.3 Å². The van der Waals surface area contributed by atoms with Crippen LogP contribution in [0.5, 0.6) is 0 Å². The molecule has 3 nitrogen and oxygen atoms in total. The van der Waals surface area contributed by atoms with Crippen molar-refractivity contribution < 1.29 is 9.47 Å². The van der Waals surface area contributed by atoms with E-state index >= 15 is 0 Å². The number of halogens is 1. The smallest absolute Gasteiger partial charge is 0.0701 e. The van der Waals surface area contributed by atoms with Gasteiger partial charge in [-0.15, -0.1) is 0 Å². The largest absolute Gasteiger partial charge is 0.383 e. The first-order valence-electron chi connectivity index (χ1n) is 5.98. The molecule has 0 aliphatic heterocycles. The predicted octanol–water partition coefficient (Wildman–Crippen LogP) is 3.20. The van der Waals surface area contributed by atoms with Gasteiger partial charge in [-0.25, -0.2) is 0 Å². The second-order valence-electron chi connectivity index (χ2n) is 3.66. The minimum atomic E-state index is 0.650. The lowest BCUT2D eigenvalue weighted by Gasteiger charge is -2.07. The summed E-state index contributed by atoms with van der Waals surface area (Å²) in [6, 6.07) is 7.65. The average molecular weight is 258 g/mol. The van der Waals surface area contributed by atoms with Gasteiger partial charge in [-0.1, -0.05) is 24.6 Å². The standard InChI is InChI=1S/C13H20ClNO2/c1-2-7-16-9-10-17-8-6-15-13-5-3-4-12(14)11-13/h3-5,11,15H,2,6-10H2,1H3. The van der Waals surface area contributed by atoms with Crippen molar-refractivity contribution in [2.45, 2.75) is 13.3 Å². The maximum absolute atomic E-state index is 5.87. The van der Waals surface area contributed by atoms with Crippen LogP contribution in [0.3, 0.4) is 0 Å². The third-order valence-corrected chi connectivity index (χ3v) is 2.36. The lowest BCUT2D eigenvalue weighted by Crippen LogP contribution is -2.12. The van der Waals surface area contributed by atoms with Crippen LogP contribution in [-0.2, 0) is 9.47 Å². The summed E-state index contributed by atoms with van der Waals surface area (Å²) in [6.45, 7) is 5.66. The monoisotopic (exact) mass is 257 g/mol. The molecule has 0 aliphatic carbocycles. The Morgan fingerprint density at radius 1 is 1.12 bits per heavy atom. The number of benzene rings is 1. The van der Waals surface area contributed by atoms with Crippen molar-refractivity contribution in [3.05, 3.63) is 29.3 Å². The fourth-order valence-electron chi connectivity index (χ4n) is 1.33. The molecule has 1 rings (SSSR count). The van der Waals surface area contributed by atoms with Crippen molar-refractivity contribution in [2.75, 3.05) is 38.3 Å². The van der Waals surface area contributed by atoms with E-state index in [0.717, 1.165) is 30.3 Å². The Labute approximate surface area is 108 Å². The second-order valence-corrected chi connectivity index (χ2v) is 4.10. The Kier molecular flexibility index (Phi) is 7.80. The number of hydrogen-bond acceptors (Lipinski definition) is 3. The van der Waals surface area contributed by atoms with Crippen LogP contribution in [0.4, 0.5) is 5.69 Å². The van der Waals surface area contributed by atoms with Crippen LogP contribution in [0.2, 0.25) is 5.02 Å². The van der Waals surface area contributed by atoms with E-state index in [9.17, 15) is 0 Å². The van der Waals surface area contributed by atoms with Crippen LogP contribution in [0.1, 0.15) is 13.3 Å². The lowest BCUT2D eigenvalue weighted by molar-refractivity contribution is 0.0519. The molecule has 17 heavy (non-hydrogen) atoms. The third kappa shape index (κ3) is 7.21. The summed E-state index contributed by atoms with van der Waals surface area (Å²) in [5, 5.41) is 3.98. The maximum atomic E-state index is 5.87. The molecule has 0 unspecified atom stereocenters. The number of ether oxygens (including phenoxy) is 2. The molecule has 0 saturated carbocycles. The van der Waals surface area contributed by atoms with Crippen LogP contribution in [-0.4, -0.2) is 33.0 Å². The van der Waals surface area contributed by atoms with Gasteiger partial charge < -0.3 is 14.8 Å². The van der Waals surface area contributed by atoms with Gasteiger partial charge in [0.1, 0.15) is 0 Å². The summed E-state index contributed by atoms with van der Waals surface area (Å²) >= 11 is 5.87. The Balaban J connectivity index is 1.97. The van der Waals surface area contributed by atoms with E-state index in [4.69, 9.17) is 21.1 Å². The van der Waals surface area contributed by atoms with Crippen LogP contribution >= 0.6 is 11.6 Å². The van der Waals surface area contributed by atoms with Crippen molar-refractivity contribution in [1.29, 1.82) is 0 Å². The normalized spacial score (nSPS) is 10.5. The van der Waals surface area contributed by atoms with Gasteiger partial charge in [-0.2, -0.15) is 0 Å². The molecule has 1 N–H and O–H groups in total. The zero-order chi connectivity index (χ0) is 12.3. The molecule has 0 radical (unpaired) electrons. The summed E-state index contributed by atoms with van der Waals surface area (Å²) in [6.07, 6.45) is 1.05. The molecule has 96 valence electrons. The molecule has 0 fully saturated rings. The maximum Gasteiger partial charge on any atom is 0.0701 e. The average Bonchev–Trinajstić information content (AvgIpc) is 2.33. The topological polar surface area (TPSA) is 30.5 Å². The molecular weight excluding hydrogens is 238 g/mol. The first-order valence-corrected chi connectivity index (χ1v) is 6.35. The minimum absolute atomic E-state index is 0.650. The summed E-state index contributed by atoms with van der Waals surface area (Å²) in [5.41, 5.74) is 1.02. The quantitative estimate of drug-likeness (QED) is 0.689. The van der Waals surface area contributed by atoms with Crippen LogP contribution in [0.15, 0.2) is 24.3 Å². The van der Waals surface area contributed by atoms with Gasteiger partial charge in [0.15, 0.2) is 0 Å². The first-order chi connectivity index (χ1) is 8.33. The molecule has 4 heteroatoms. The lowest BCUT2D eigenvalue weighted by atomic mass is 10.3. The molecule has 0 amide bonds. The van der Waals surface area contributed by atoms with Crippen molar-refractivity contribution in [3.8, 4) is 0 Å². The number of anilines is 1. The third-order valence-electron chi connectivity index (χ3n) is 2.12. The first kappa shape index (κ1) is 14.3. The predicted molar refractivity (Wildman–Crippen MR) is 71.9 cm³/mol. The van der Waals surface area contributed by atoms with Crippen LogP contribution in [0, 0.1) is 0 Å². The highest BCUT2D eigenvalue weighted by Gasteiger charge is 1.93. The SMILES string of the molecule is CCCOCCOCCNc1cccc(Cl)c1. The van der Waals surface area contributed by atoms with Gasteiger partial charge in [0.2, 0.25) is 0 Å². The Hall–Kier alpha value is -0.770. The molecule has 0 spiro atoms. The molecule has 1 aromatic carbocycles.